The molecule has 0 saturated carbocycles. The lowest BCUT2D eigenvalue weighted by Gasteiger charge is -2.11. The van der Waals surface area contributed by atoms with E-state index in [2.05, 4.69) is 27.9 Å². The normalized spacial score (nSPS) is 22.8. The zero-order valence-corrected chi connectivity index (χ0v) is 10.9. The van der Waals surface area contributed by atoms with Crippen molar-refractivity contribution in [3.05, 3.63) is 23.9 Å². The molecule has 1 fully saturated rings. The molecule has 18 heavy (non-hydrogen) atoms. The van der Waals surface area contributed by atoms with Gasteiger partial charge in [0.1, 0.15) is 5.82 Å². The van der Waals surface area contributed by atoms with Crippen LogP contribution in [-0.2, 0) is 11.3 Å². The molecule has 1 aliphatic heterocycles. The Bertz CT molecular complexity index is 421. The molecule has 2 atom stereocenters. The van der Waals surface area contributed by atoms with Crippen LogP contribution >= 0.6 is 0 Å². The molecule has 1 aromatic heterocycles. The van der Waals surface area contributed by atoms with Crippen LogP contribution in [-0.4, -0.2) is 30.5 Å². The van der Waals surface area contributed by atoms with Crippen molar-refractivity contribution >= 4 is 11.7 Å². The molecule has 1 saturated heterocycles. The Labute approximate surface area is 107 Å². The van der Waals surface area contributed by atoms with E-state index in [4.69, 9.17) is 0 Å². The third-order valence-corrected chi connectivity index (χ3v) is 3.21. The van der Waals surface area contributed by atoms with E-state index in [1.807, 2.05) is 19.2 Å². The van der Waals surface area contributed by atoms with Gasteiger partial charge in [-0.05, 0) is 36.6 Å². The van der Waals surface area contributed by atoms with Crippen molar-refractivity contribution in [2.45, 2.75) is 25.9 Å². The molecule has 0 bridgehead atoms. The molecule has 0 radical (unpaired) electrons. The lowest BCUT2D eigenvalue weighted by molar-refractivity contribution is -0.123. The second-order valence-corrected chi connectivity index (χ2v) is 4.82. The van der Waals surface area contributed by atoms with Crippen molar-refractivity contribution in [2.24, 2.45) is 5.92 Å². The number of nitrogens with zero attached hydrogens (tertiary/aromatic N) is 1. The van der Waals surface area contributed by atoms with E-state index in [1.165, 1.54) is 0 Å². The second kappa shape index (κ2) is 5.82. The van der Waals surface area contributed by atoms with E-state index in [-0.39, 0.29) is 11.9 Å². The Kier molecular flexibility index (Phi) is 4.15. The van der Waals surface area contributed by atoms with Crippen LogP contribution in [0.4, 0.5) is 5.82 Å². The van der Waals surface area contributed by atoms with Crippen LogP contribution in [0.5, 0.6) is 0 Å². The smallest absolute Gasteiger partial charge is 0.237 e. The lowest BCUT2D eigenvalue weighted by Crippen LogP contribution is -2.40. The molecule has 0 spiro atoms. The number of carbonyl (C=O) groups excluding carboxylic acids is 1. The predicted octanol–water partition coefficient (Wildman–Crippen LogP) is 0.737. The van der Waals surface area contributed by atoms with Crippen LogP contribution in [0, 0.1) is 5.92 Å². The summed E-state index contributed by atoms with van der Waals surface area (Å²) in [5.74, 6) is 1.48. The fourth-order valence-corrected chi connectivity index (χ4v) is 2.15. The molecule has 2 heterocycles. The Morgan fingerprint density at radius 3 is 3.11 bits per heavy atom. The van der Waals surface area contributed by atoms with Gasteiger partial charge in [-0.3, -0.25) is 4.79 Å². The quantitative estimate of drug-likeness (QED) is 0.735. The number of nitrogens with one attached hydrogen (secondary N) is 3. The third-order valence-electron chi connectivity index (χ3n) is 3.21. The fourth-order valence-electron chi connectivity index (χ4n) is 2.15. The molecule has 2 rings (SSSR count). The van der Waals surface area contributed by atoms with Gasteiger partial charge in [0.2, 0.25) is 5.91 Å². The van der Waals surface area contributed by atoms with Crippen molar-refractivity contribution in [2.75, 3.05) is 18.9 Å². The largest absolute Gasteiger partial charge is 0.373 e. The van der Waals surface area contributed by atoms with Crippen molar-refractivity contribution in [3.8, 4) is 0 Å². The minimum absolute atomic E-state index is 0.0365. The van der Waals surface area contributed by atoms with Gasteiger partial charge in [0.05, 0.1) is 6.04 Å². The van der Waals surface area contributed by atoms with Gasteiger partial charge in [0.15, 0.2) is 0 Å². The van der Waals surface area contributed by atoms with E-state index in [0.717, 1.165) is 24.3 Å². The summed E-state index contributed by atoms with van der Waals surface area (Å²) in [6.07, 6.45) is 2.66. The molecule has 0 aliphatic carbocycles. The van der Waals surface area contributed by atoms with Gasteiger partial charge in [0, 0.05) is 19.8 Å². The first-order valence-electron chi connectivity index (χ1n) is 6.33. The Hall–Kier alpha value is -1.62. The Morgan fingerprint density at radius 1 is 1.61 bits per heavy atom. The first-order valence-corrected chi connectivity index (χ1v) is 6.33. The van der Waals surface area contributed by atoms with Gasteiger partial charge in [-0.15, -0.1) is 0 Å². The van der Waals surface area contributed by atoms with E-state index >= 15 is 0 Å². The zero-order valence-electron chi connectivity index (χ0n) is 10.9. The van der Waals surface area contributed by atoms with Crippen LogP contribution in [0.25, 0.3) is 0 Å². The van der Waals surface area contributed by atoms with Gasteiger partial charge < -0.3 is 16.0 Å². The fraction of sp³-hybridized carbons (Fsp3) is 0.538. The number of rotatable bonds is 4. The molecule has 1 amide bonds. The molecular weight excluding hydrogens is 228 g/mol. The maximum atomic E-state index is 11.9. The number of hydrogen-bond donors (Lipinski definition) is 3. The first-order chi connectivity index (χ1) is 8.69. The summed E-state index contributed by atoms with van der Waals surface area (Å²) < 4.78 is 0. The highest BCUT2D eigenvalue weighted by Gasteiger charge is 2.26. The number of hydrogen-bond acceptors (Lipinski definition) is 4. The molecular formula is C13H20N4O. The van der Waals surface area contributed by atoms with Crippen molar-refractivity contribution < 1.29 is 4.79 Å². The minimum Gasteiger partial charge on any atom is -0.373 e. The zero-order chi connectivity index (χ0) is 13.0. The number of amides is 1. The van der Waals surface area contributed by atoms with E-state index in [0.29, 0.717) is 12.5 Å². The standard InChI is InChI=1S/C13H20N4O/c1-9-5-11(16-7-9)13(18)17-8-10-3-4-15-12(6-10)14-2/h3-4,6,9,11,16H,5,7-8H2,1-2H3,(H,14,15)(H,17,18)/t9?,11-/m0/s1. The number of aromatic nitrogens is 1. The SMILES string of the molecule is CNc1cc(CNC(=O)[C@@H]2CC(C)CN2)ccn1. The van der Waals surface area contributed by atoms with Crippen LogP contribution < -0.4 is 16.0 Å². The summed E-state index contributed by atoms with van der Waals surface area (Å²) >= 11 is 0. The van der Waals surface area contributed by atoms with Crippen LogP contribution in [0.2, 0.25) is 0 Å². The van der Waals surface area contributed by atoms with Crippen LogP contribution in [0.15, 0.2) is 18.3 Å². The van der Waals surface area contributed by atoms with E-state index < -0.39 is 0 Å². The lowest BCUT2D eigenvalue weighted by atomic mass is 10.1. The predicted molar refractivity (Wildman–Crippen MR) is 71.2 cm³/mol. The highest BCUT2D eigenvalue weighted by Crippen LogP contribution is 2.13. The van der Waals surface area contributed by atoms with Gasteiger partial charge in [0.25, 0.3) is 0 Å². The monoisotopic (exact) mass is 248 g/mol. The van der Waals surface area contributed by atoms with Gasteiger partial charge in [-0.1, -0.05) is 6.92 Å². The van der Waals surface area contributed by atoms with Crippen LogP contribution in [0.1, 0.15) is 18.9 Å². The maximum Gasteiger partial charge on any atom is 0.237 e. The molecule has 5 nitrogen and oxygen atoms in total. The molecule has 1 aromatic rings. The molecule has 1 aliphatic rings. The van der Waals surface area contributed by atoms with Crippen molar-refractivity contribution in [3.63, 3.8) is 0 Å². The number of carbonyl (C=O) groups is 1. The molecule has 3 N–H and O–H groups in total. The molecule has 1 unspecified atom stereocenters. The average molecular weight is 248 g/mol. The topological polar surface area (TPSA) is 66.0 Å². The summed E-state index contributed by atoms with van der Waals surface area (Å²) in [6.45, 7) is 3.63. The summed E-state index contributed by atoms with van der Waals surface area (Å²) in [5.41, 5.74) is 1.05. The van der Waals surface area contributed by atoms with Crippen molar-refractivity contribution in [1.29, 1.82) is 0 Å². The van der Waals surface area contributed by atoms with Gasteiger partial charge in [-0.25, -0.2) is 4.98 Å². The molecule has 5 heteroatoms. The van der Waals surface area contributed by atoms with E-state index in [1.54, 1.807) is 6.20 Å². The summed E-state index contributed by atoms with van der Waals surface area (Å²) in [5, 5.41) is 9.16. The van der Waals surface area contributed by atoms with Crippen molar-refractivity contribution in [1.82, 2.24) is 15.6 Å². The summed E-state index contributed by atoms with van der Waals surface area (Å²) in [4.78, 5) is 16.1. The highest BCUT2D eigenvalue weighted by molar-refractivity contribution is 5.82. The van der Waals surface area contributed by atoms with Gasteiger partial charge >= 0.3 is 0 Å². The summed E-state index contributed by atoms with van der Waals surface area (Å²) in [6, 6.07) is 3.81. The average Bonchev–Trinajstić information content (AvgIpc) is 2.83. The molecule has 0 aromatic carbocycles. The third kappa shape index (κ3) is 3.20. The van der Waals surface area contributed by atoms with Gasteiger partial charge in [-0.2, -0.15) is 0 Å². The maximum absolute atomic E-state index is 11.9. The highest BCUT2D eigenvalue weighted by atomic mass is 16.2. The van der Waals surface area contributed by atoms with E-state index in [9.17, 15) is 4.79 Å². The Morgan fingerprint density at radius 2 is 2.44 bits per heavy atom. The minimum atomic E-state index is -0.0365. The first kappa shape index (κ1) is 12.8. The number of pyridine rings is 1. The second-order valence-electron chi connectivity index (χ2n) is 4.82. The Balaban J connectivity index is 1.85. The number of anilines is 1. The molecule has 98 valence electrons. The summed E-state index contributed by atoms with van der Waals surface area (Å²) in [7, 11) is 1.83. The van der Waals surface area contributed by atoms with Crippen LogP contribution in [0.3, 0.4) is 0 Å².